The van der Waals surface area contributed by atoms with E-state index in [4.69, 9.17) is 0 Å². The van der Waals surface area contributed by atoms with E-state index in [1.54, 1.807) is 0 Å². The van der Waals surface area contributed by atoms with Crippen LogP contribution in [0.1, 0.15) is 37.0 Å². The Morgan fingerprint density at radius 2 is 2.06 bits per heavy atom. The maximum Gasteiger partial charge on any atom is 0.256 e. The topological polar surface area (TPSA) is 32.3 Å². The standard InChI is InChI=1S/C15H22N2O/c1-11-7-6-10-17(12(11)2)15(18)13-8-4-5-9-14(13)16-3/h4-5,8-9,11-12,16H,6-7,10H2,1-3H3. The fourth-order valence-corrected chi connectivity index (χ4v) is 2.66. The second kappa shape index (κ2) is 5.42. The zero-order chi connectivity index (χ0) is 13.1. The normalized spacial score (nSPS) is 23.8. The zero-order valence-electron chi connectivity index (χ0n) is 11.4. The van der Waals surface area contributed by atoms with Gasteiger partial charge in [-0.2, -0.15) is 0 Å². The largest absolute Gasteiger partial charge is 0.387 e. The number of carbonyl (C=O) groups excluding carboxylic acids is 1. The molecule has 1 aromatic rings. The third-order valence-electron chi connectivity index (χ3n) is 4.06. The van der Waals surface area contributed by atoms with Crippen LogP contribution in [-0.2, 0) is 0 Å². The minimum absolute atomic E-state index is 0.152. The number of nitrogens with zero attached hydrogens (tertiary/aromatic N) is 1. The Balaban J connectivity index is 2.25. The predicted molar refractivity (Wildman–Crippen MR) is 74.9 cm³/mol. The first kappa shape index (κ1) is 12.9. The van der Waals surface area contributed by atoms with Crippen molar-refractivity contribution in [3.8, 4) is 0 Å². The number of rotatable bonds is 2. The number of amides is 1. The van der Waals surface area contributed by atoms with Crippen LogP contribution < -0.4 is 5.32 Å². The summed E-state index contributed by atoms with van der Waals surface area (Å²) in [5.41, 5.74) is 1.69. The first-order valence-electron chi connectivity index (χ1n) is 6.73. The Hall–Kier alpha value is -1.51. The van der Waals surface area contributed by atoms with Gasteiger partial charge < -0.3 is 10.2 Å². The van der Waals surface area contributed by atoms with E-state index in [1.807, 2.05) is 36.2 Å². The van der Waals surface area contributed by atoms with Crippen molar-refractivity contribution >= 4 is 11.6 Å². The third kappa shape index (κ3) is 2.35. The summed E-state index contributed by atoms with van der Waals surface area (Å²) in [4.78, 5) is 14.6. The number of benzene rings is 1. The molecule has 1 saturated heterocycles. The second-order valence-electron chi connectivity index (χ2n) is 5.15. The molecule has 2 unspecified atom stereocenters. The van der Waals surface area contributed by atoms with Gasteiger partial charge in [-0.3, -0.25) is 4.79 Å². The molecule has 1 amide bonds. The molecule has 2 atom stereocenters. The number of likely N-dealkylation sites (tertiary alicyclic amines) is 1. The highest BCUT2D eigenvalue weighted by Gasteiger charge is 2.29. The Morgan fingerprint density at radius 3 is 2.78 bits per heavy atom. The molecule has 0 aliphatic carbocycles. The van der Waals surface area contributed by atoms with E-state index in [-0.39, 0.29) is 5.91 Å². The van der Waals surface area contributed by atoms with E-state index in [1.165, 1.54) is 6.42 Å². The van der Waals surface area contributed by atoms with Crippen LogP contribution in [-0.4, -0.2) is 30.4 Å². The molecule has 3 heteroatoms. The van der Waals surface area contributed by atoms with Gasteiger partial charge in [-0.25, -0.2) is 0 Å². The van der Waals surface area contributed by atoms with Crippen molar-refractivity contribution in [2.75, 3.05) is 18.9 Å². The summed E-state index contributed by atoms with van der Waals surface area (Å²) in [6.45, 7) is 5.26. The highest BCUT2D eigenvalue weighted by Crippen LogP contribution is 2.26. The monoisotopic (exact) mass is 246 g/mol. The maximum atomic E-state index is 12.6. The summed E-state index contributed by atoms with van der Waals surface area (Å²) in [6, 6.07) is 8.05. The van der Waals surface area contributed by atoms with Crippen LogP contribution in [0.2, 0.25) is 0 Å². The number of piperidine rings is 1. The van der Waals surface area contributed by atoms with Gasteiger partial charge in [-0.15, -0.1) is 0 Å². The number of hydrogen-bond acceptors (Lipinski definition) is 2. The fourth-order valence-electron chi connectivity index (χ4n) is 2.66. The van der Waals surface area contributed by atoms with E-state index < -0.39 is 0 Å². The zero-order valence-corrected chi connectivity index (χ0v) is 11.4. The van der Waals surface area contributed by atoms with Gasteiger partial charge in [-0.1, -0.05) is 19.1 Å². The quantitative estimate of drug-likeness (QED) is 0.870. The maximum absolute atomic E-state index is 12.6. The Bertz CT molecular complexity index is 430. The lowest BCUT2D eigenvalue weighted by molar-refractivity contribution is 0.0552. The van der Waals surface area contributed by atoms with Crippen LogP contribution in [0.3, 0.4) is 0 Å². The lowest BCUT2D eigenvalue weighted by atomic mass is 9.91. The number of hydrogen-bond donors (Lipinski definition) is 1. The van der Waals surface area contributed by atoms with Gasteiger partial charge in [0, 0.05) is 25.3 Å². The number of carbonyl (C=O) groups is 1. The van der Waals surface area contributed by atoms with E-state index in [0.29, 0.717) is 12.0 Å². The highest BCUT2D eigenvalue weighted by molar-refractivity contribution is 5.99. The average molecular weight is 246 g/mol. The van der Waals surface area contributed by atoms with Crippen LogP contribution in [0.15, 0.2) is 24.3 Å². The summed E-state index contributed by atoms with van der Waals surface area (Å²) >= 11 is 0. The van der Waals surface area contributed by atoms with Crippen molar-refractivity contribution in [1.82, 2.24) is 4.90 Å². The molecule has 18 heavy (non-hydrogen) atoms. The minimum atomic E-state index is 0.152. The van der Waals surface area contributed by atoms with E-state index in [2.05, 4.69) is 19.2 Å². The molecule has 1 aliphatic rings. The van der Waals surface area contributed by atoms with Crippen LogP contribution in [0, 0.1) is 5.92 Å². The van der Waals surface area contributed by atoms with Gasteiger partial charge in [0.1, 0.15) is 0 Å². The van der Waals surface area contributed by atoms with Crippen LogP contribution in [0.25, 0.3) is 0 Å². The lowest BCUT2D eigenvalue weighted by Crippen LogP contribution is -2.46. The third-order valence-corrected chi connectivity index (χ3v) is 4.06. The summed E-state index contributed by atoms with van der Waals surface area (Å²) in [6.07, 6.45) is 2.33. The highest BCUT2D eigenvalue weighted by atomic mass is 16.2. The summed E-state index contributed by atoms with van der Waals surface area (Å²) in [5.74, 6) is 0.739. The Kier molecular flexibility index (Phi) is 3.90. The summed E-state index contributed by atoms with van der Waals surface area (Å²) in [7, 11) is 1.86. The molecule has 98 valence electrons. The number of para-hydroxylation sites is 1. The van der Waals surface area contributed by atoms with Gasteiger partial charge in [0.15, 0.2) is 0 Å². The molecule has 1 N–H and O–H groups in total. The van der Waals surface area contributed by atoms with E-state index >= 15 is 0 Å². The van der Waals surface area contributed by atoms with E-state index in [9.17, 15) is 4.79 Å². The molecular weight excluding hydrogens is 224 g/mol. The van der Waals surface area contributed by atoms with Gasteiger partial charge >= 0.3 is 0 Å². The van der Waals surface area contributed by atoms with Crippen molar-refractivity contribution < 1.29 is 4.79 Å². The predicted octanol–water partition coefficient (Wildman–Crippen LogP) is 2.99. The van der Waals surface area contributed by atoms with Crippen molar-refractivity contribution in [2.45, 2.75) is 32.7 Å². The lowest BCUT2D eigenvalue weighted by Gasteiger charge is -2.38. The summed E-state index contributed by atoms with van der Waals surface area (Å²) < 4.78 is 0. The Morgan fingerprint density at radius 1 is 1.33 bits per heavy atom. The molecule has 0 saturated carbocycles. The van der Waals surface area contributed by atoms with E-state index in [0.717, 1.165) is 24.2 Å². The van der Waals surface area contributed by atoms with Crippen LogP contribution >= 0.6 is 0 Å². The van der Waals surface area contributed by atoms with Crippen LogP contribution in [0.4, 0.5) is 5.69 Å². The van der Waals surface area contributed by atoms with Crippen molar-refractivity contribution in [3.63, 3.8) is 0 Å². The van der Waals surface area contributed by atoms with Crippen molar-refractivity contribution in [3.05, 3.63) is 29.8 Å². The molecule has 1 heterocycles. The fraction of sp³-hybridized carbons (Fsp3) is 0.533. The smallest absolute Gasteiger partial charge is 0.256 e. The average Bonchev–Trinajstić information content (AvgIpc) is 2.41. The molecule has 0 aromatic heterocycles. The van der Waals surface area contributed by atoms with Gasteiger partial charge in [0.05, 0.1) is 5.56 Å². The van der Waals surface area contributed by atoms with Crippen molar-refractivity contribution in [1.29, 1.82) is 0 Å². The molecule has 0 radical (unpaired) electrons. The summed E-state index contributed by atoms with van der Waals surface area (Å²) in [5, 5.41) is 3.09. The second-order valence-corrected chi connectivity index (χ2v) is 5.15. The molecular formula is C15H22N2O. The first-order valence-corrected chi connectivity index (χ1v) is 6.73. The molecule has 1 aromatic carbocycles. The number of anilines is 1. The number of nitrogens with one attached hydrogen (secondary N) is 1. The minimum Gasteiger partial charge on any atom is -0.387 e. The van der Waals surface area contributed by atoms with Crippen molar-refractivity contribution in [2.24, 2.45) is 5.92 Å². The molecule has 3 nitrogen and oxygen atoms in total. The van der Waals surface area contributed by atoms with Gasteiger partial charge in [0.2, 0.25) is 0 Å². The Labute approximate surface area is 109 Å². The van der Waals surface area contributed by atoms with Crippen LogP contribution in [0.5, 0.6) is 0 Å². The molecule has 1 fully saturated rings. The SMILES string of the molecule is CNc1ccccc1C(=O)N1CCCC(C)C1C. The molecule has 2 rings (SSSR count). The molecule has 0 spiro atoms. The first-order chi connectivity index (χ1) is 8.65. The molecule has 1 aliphatic heterocycles. The van der Waals surface area contributed by atoms with Gasteiger partial charge in [-0.05, 0) is 37.8 Å². The molecule has 0 bridgehead atoms. The van der Waals surface area contributed by atoms with Gasteiger partial charge in [0.25, 0.3) is 5.91 Å².